The number of hydrogen-bond acceptors (Lipinski definition) is 3. The Morgan fingerprint density at radius 3 is 2.86 bits per heavy atom. The molecule has 2 amide bonds. The number of para-hydroxylation sites is 1. The molecule has 7 heteroatoms. The molecule has 0 atom stereocenters. The van der Waals surface area contributed by atoms with Gasteiger partial charge in [0.2, 0.25) is 0 Å². The lowest BCUT2D eigenvalue weighted by Crippen LogP contribution is -2.34. The highest BCUT2D eigenvalue weighted by atomic mass is 35.5. The Labute approximate surface area is 139 Å². The highest BCUT2D eigenvalue weighted by Crippen LogP contribution is 2.33. The summed E-state index contributed by atoms with van der Waals surface area (Å²) >= 11 is 12.2. The molecule has 22 heavy (non-hydrogen) atoms. The van der Waals surface area contributed by atoms with E-state index in [1.165, 1.54) is 0 Å². The number of carbonyl (C=O) groups excluding carboxylic acids is 1. The van der Waals surface area contributed by atoms with E-state index in [9.17, 15) is 4.79 Å². The number of nitrogens with one attached hydrogen (secondary N) is 2. The summed E-state index contributed by atoms with van der Waals surface area (Å²) in [6, 6.07) is 4.41. The van der Waals surface area contributed by atoms with Crippen molar-refractivity contribution in [3.8, 4) is 5.75 Å². The van der Waals surface area contributed by atoms with Crippen LogP contribution < -0.4 is 21.3 Å². The molecule has 0 spiro atoms. The number of allylic oxidation sites excluding steroid dienone is 4. The summed E-state index contributed by atoms with van der Waals surface area (Å²) in [5, 5.41) is 3.43. The average molecular weight is 342 g/mol. The van der Waals surface area contributed by atoms with Crippen LogP contribution in [-0.2, 0) is 0 Å². The molecule has 1 aromatic carbocycles. The van der Waals surface area contributed by atoms with Gasteiger partial charge in [-0.15, -0.1) is 0 Å². The van der Waals surface area contributed by atoms with Crippen LogP contribution in [0.5, 0.6) is 5.75 Å². The number of hydrogen-bond donors (Lipinski definition) is 3. The number of urea groups is 1. The third-order valence-corrected chi connectivity index (χ3v) is 3.31. The van der Waals surface area contributed by atoms with Crippen molar-refractivity contribution in [3.05, 3.63) is 58.6 Å². The topological polar surface area (TPSA) is 76.4 Å². The Kier molecular flexibility index (Phi) is 7.52. The van der Waals surface area contributed by atoms with Crippen molar-refractivity contribution in [3.63, 3.8) is 0 Å². The Morgan fingerprint density at radius 2 is 2.23 bits per heavy atom. The first-order valence-electron chi connectivity index (χ1n) is 6.32. The van der Waals surface area contributed by atoms with Crippen molar-refractivity contribution in [2.75, 3.05) is 11.9 Å². The van der Waals surface area contributed by atoms with Crippen LogP contribution in [0.25, 0.3) is 0 Å². The minimum absolute atomic E-state index is 0.211. The summed E-state index contributed by atoms with van der Waals surface area (Å²) in [5.74, 6) is 5.38. The van der Waals surface area contributed by atoms with Crippen molar-refractivity contribution in [2.24, 2.45) is 5.84 Å². The molecule has 0 aliphatic heterocycles. The number of halogens is 2. The Hall–Kier alpha value is -1.95. The maximum atomic E-state index is 11.3. The van der Waals surface area contributed by atoms with Crippen LogP contribution >= 0.6 is 23.2 Å². The van der Waals surface area contributed by atoms with Crippen molar-refractivity contribution in [1.29, 1.82) is 0 Å². The smallest absolute Gasteiger partial charge is 0.333 e. The summed E-state index contributed by atoms with van der Waals surface area (Å²) in [4.78, 5) is 11.3. The number of amides is 2. The van der Waals surface area contributed by atoms with E-state index in [-0.39, 0.29) is 6.61 Å². The van der Waals surface area contributed by atoms with Crippen LogP contribution in [0.2, 0.25) is 5.02 Å². The Balaban J connectivity index is 2.91. The minimum Gasteiger partial charge on any atom is -0.485 e. The third-order valence-electron chi connectivity index (χ3n) is 2.57. The molecule has 0 saturated carbocycles. The number of hydrazine groups is 1. The summed E-state index contributed by atoms with van der Waals surface area (Å²) in [7, 11) is 0. The maximum Gasteiger partial charge on any atom is 0.333 e. The quantitative estimate of drug-likeness (QED) is 0.317. The van der Waals surface area contributed by atoms with Crippen molar-refractivity contribution < 1.29 is 9.53 Å². The van der Waals surface area contributed by atoms with Crippen LogP contribution in [-0.4, -0.2) is 12.6 Å². The van der Waals surface area contributed by atoms with Gasteiger partial charge in [-0.3, -0.25) is 5.43 Å². The molecule has 0 radical (unpaired) electrons. The van der Waals surface area contributed by atoms with Gasteiger partial charge in [0.1, 0.15) is 6.61 Å². The number of anilines is 1. The molecule has 0 unspecified atom stereocenters. The second-order valence-corrected chi connectivity index (χ2v) is 5.04. The molecule has 1 aromatic rings. The lowest BCUT2D eigenvalue weighted by molar-refractivity contribution is 0.252. The van der Waals surface area contributed by atoms with E-state index in [1.807, 2.05) is 12.3 Å². The molecule has 0 aliphatic rings. The van der Waals surface area contributed by atoms with Crippen LogP contribution in [0.15, 0.2) is 53.6 Å². The average Bonchev–Trinajstić information content (AvgIpc) is 2.51. The lowest BCUT2D eigenvalue weighted by atomic mass is 10.2. The third kappa shape index (κ3) is 5.44. The van der Waals surface area contributed by atoms with E-state index < -0.39 is 6.03 Å². The number of rotatable bonds is 6. The first-order valence-corrected chi connectivity index (χ1v) is 7.08. The van der Waals surface area contributed by atoms with Gasteiger partial charge in [0.25, 0.3) is 0 Å². The van der Waals surface area contributed by atoms with Crippen LogP contribution in [0.4, 0.5) is 10.5 Å². The number of carbonyl (C=O) groups is 1. The molecule has 0 saturated heterocycles. The standard InChI is InChI=1S/C15H17Cl2N3O2/c1-3-4-6-11(16)10(2)9-22-14-12(17)7-5-8-13(14)19-15(21)20-18/h3-8H,1,9,18H2,2H3,(H2,19,20,21)/b6-4-,11-10-. The maximum absolute atomic E-state index is 11.3. The number of benzene rings is 1. The largest absolute Gasteiger partial charge is 0.485 e. The predicted molar refractivity (Wildman–Crippen MR) is 91.2 cm³/mol. The molecular formula is C15H17Cl2N3O2. The van der Waals surface area contributed by atoms with Gasteiger partial charge in [-0.2, -0.15) is 0 Å². The molecular weight excluding hydrogens is 325 g/mol. The van der Waals surface area contributed by atoms with Gasteiger partial charge in [-0.25, -0.2) is 10.6 Å². The Morgan fingerprint density at radius 1 is 1.50 bits per heavy atom. The fraction of sp³-hybridized carbons (Fsp3) is 0.133. The highest BCUT2D eigenvalue weighted by molar-refractivity contribution is 6.32. The van der Waals surface area contributed by atoms with Gasteiger partial charge >= 0.3 is 6.03 Å². The minimum atomic E-state index is -0.577. The zero-order chi connectivity index (χ0) is 16.5. The van der Waals surface area contributed by atoms with Crippen molar-refractivity contribution in [2.45, 2.75) is 6.92 Å². The van der Waals surface area contributed by atoms with Gasteiger partial charge < -0.3 is 10.1 Å². The Bertz CT molecular complexity index is 613. The lowest BCUT2D eigenvalue weighted by Gasteiger charge is -2.14. The summed E-state index contributed by atoms with van der Waals surface area (Å²) in [6.45, 7) is 5.61. The van der Waals surface area contributed by atoms with E-state index in [1.54, 1.807) is 36.4 Å². The van der Waals surface area contributed by atoms with Crippen molar-refractivity contribution >= 4 is 34.9 Å². The number of nitrogens with two attached hydrogens (primary N) is 1. The van der Waals surface area contributed by atoms with Crippen LogP contribution in [0.1, 0.15) is 6.92 Å². The van der Waals surface area contributed by atoms with Gasteiger partial charge in [-0.1, -0.05) is 48.0 Å². The molecule has 0 bridgehead atoms. The molecule has 0 heterocycles. The van der Waals surface area contributed by atoms with E-state index in [0.717, 1.165) is 5.57 Å². The van der Waals surface area contributed by atoms with Gasteiger partial charge in [0.05, 0.1) is 10.7 Å². The molecule has 0 fully saturated rings. The molecule has 1 rings (SSSR count). The summed E-state index contributed by atoms with van der Waals surface area (Å²) < 4.78 is 5.66. The van der Waals surface area contributed by atoms with Crippen LogP contribution in [0.3, 0.4) is 0 Å². The normalized spacial score (nSPS) is 11.8. The SMILES string of the molecule is C=C/C=C\C(Cl)=C(/C)COc1c(Cl)cccc1NC(=O)NN. The molecule has 5 nitrogen and oxygen atoms in total. The molecule has 118 valence electrons. The highest BCUT2D eigenvalue weighted by Gasteiger charge is 2.11. The van der Waals surface area contributed by atoms with Gasteiger partial charge in [0.15, 0.2) is 5.75 Å². The molecule has 0 aromatic heterocycles. The van der Waals surface area contributed by atoms with Gasteiger partial charge in [0, 0.05) is 5.03 Å². The first kappa shape index (κ1) is 18.1. The van der Waals surface area contributed by atoms with E-state index >= 15 is 0 Å². The zero-order valence-electron chi connectivity index (χ0n) is 12.0. The van der Waals surface area contributed by atoms with E-state index in [0.29, 0.717) is 21.5 Å². The summed E-state index contributed by atoms with van der Waals surface area (Å²) in [5.41, 5.74) is 3.17. The predicted octanol–water partition coefficient (Wildman–Crippen LogP) is 3.97. The molecule has 0 aliphatic carbocycles. The monoisotopic (exact) mass is 341 g/mol. The number of ether oxygens (including phenoxy) is 1. The van der Waals surface area contributed by atoms with E-state index in [4.69, 9.17) is 33.8 Å². The second kappa shape index (κ2) is 9.15. The first-order chi connectivity index (χ1) is 10.5. The van der Waals surface area contributed by atoms with Crippen molar-refractivity contribution in [1.82, 2.24) is 5.43 Å². The summed E-state index contributed by atoms with van der Waals surface area (Å²) in [6.07, 6.45) is 5.05. The van der Waals surface area contributed by atoms with Crippen LogP contribution in [0, 0.1) is 0 Å². The molecule has 4 N–H and O–H groups in total. The second-order valence-electron chi connectivity index (χ2n) is 4.23. The van der Waals surface area contributed by atoms with E-state index in [2.05, 4.69) is 11.9 Å². The van der Waals surface area contributed by atoms with Gasteiger partial charge in [-0.05, 0) is 30.7 Å². The zero-order valence-corrected chi connectivity index (χ0v) is 13.5. The fourth-order valence-electron chi connectivity index (χ4n) is 1.46. The fourth-order valence-corrected chi connectivity index (χ4v) is 1.81.